The summed E-state index contributed by atoms with van der Waals surface area (Å²) in [6, 6.07) is 6.97. The fraction of sp³-hybridized carbons (Fsp3) is 0.579. The lowest BCUT2D eigenvalue weighted by Crippen LogP contribution is -2.45. The van der Waals surface area contributed by atoms with Crippen LogP contribution >= 0.6 is 0 Å². The summed E-state index contributed by atoms with van der Waals surface area (Å²) in [6.07, 6.45) is 2.45. The van der Waals surface area contributed by atoms with Crippen molar-refractivity contribution in [3.05, 3.63) is 35.1 Å². The van der Waals surface area contributed by atoms with Crippen molar-refractivity contribution in [1.82, 2.24) is 15.1 Å². The third-order valence-corrected chi connectivity index (χ3v) is 4.66. The summed E-state index contributed by atoms with van der Waals surface area (Å²) in [5, 5.41) is 12.3. The summed E-state index contributed by atoms with van der Waals surface area (Å²) in [5.41, 5.74) is 0.897. The van der Waals surface area contributed by atoms with Crippen LogP contribution in [-0.4, -0.2) is 55.0 Å². The molecule has 6 heteroatoms. The maximum absolute atomic E-state index is 13.9. The van der Waals surface area contributed by atoms with E-state index in [0.29, 0.717) is 17.2 Å². The molecule has 5 nitrogen and oxygen atoms in total. The highest BCUT2D eigenvalue weighted by molar-refractivity contribution is 5.79. The fourth-order valence-corrected chi connectivity index (χ4v) is 3.32. The fourth-order valence-electron chi connectivity index (χ4n) is 3.32. The molecule has 1 aliphatic heterocycles. The van der Waals surface area contributed by atoms with Gasteiger partial charge in [0.05, 0.1) is 18.2 Å². The number of nitriles is 1. The summed E-state index contributed by atoms with van der Waals surface area (Å²) in [7, 11) is 2.02. The van der Waals surface area contributed by atoms with E-state index < -0.39 is 0 Å². The van der Waals surface area contributed by atoms with Crippen LogP contribution in [0.15, 0.2) is 23.2 Å². The molecule has 1 aromatic carbocycles. The van der Waals surface area contributed by atoms with E-state index in [1.54, 1.807) is 6.07 Å². The van der Waals surface area contributed by atoms with Gasteiger partial charge in [0, 0.05) is 31.7 Å². The van der Waals surface area contributed by atoms with Crippen LogP contribution < -0.4 is 5.32 Å². The van der Waals surface area contributed by atoms with Crippen LogP contribution in [0.25, 0.3) is 0 Å². The van der Waals surface area contributed by atoms with Crippen molar-refractivity contribution >= 4 is 5.96 Å². The van der Waals surface area contributed by atoms with E-state index in [2.05, 4.69) is 27.0 Å². The average molecular weight is 345 g/mol. The van der Waals surface area contributed by atoms with E-state index in [-0.39, 0.29) is 12.4 Å². The second-order valence-electron chi connectivity index (χ2n) is 6.39. The van der Waals surface area contributed by atoms with Gasteiger partial charge in [-0.15, -0.1) is 0 Å². The van der Waals surface area contributed by atoms with Crippen LogP contribution in [0.3, 0.4) is 0 Å². The molecule has 25 heavy (non-hydrogen) atoms. The van der Waals surface area contributed by atoms with Crippen LogP contribution in [0.5, 0.6) is 0 Å². The summed E-state index contributed by atoms with van der Waals surface area (Å²) >= 11 is 0. The van der Waals surface area contributed by atoms with Gasteiger partial charge < -0.3 is 10.2 Å². The first kappa shape index (κ1) is 19.2. The molecule has 0 radical (unpaired) electrons. The molecule has 0 spiro atoms. The van der Waals surface area contributed by atoms with E-state index in [1.807, 2.05) is 20.0 Å². The van der Waals surface area contributed by atoms with Crippen LogP contribution in [-0.2, 0) is 6.54 Å². The monoisotopic (exact) mass is 345 g/mol. The number of hydrogen-bond acceptors (Lipinski definition) is 3. The molecule has 1 saturated heterocycles. The highest BCUT2D eigenvalue weighted by Crippen LogP contribution is 2.17. The molecular formula is C19H28FN5. The Balaban J connectivity index is 2.08. The second-order valence-corrected chi connectivity index (χ2v) is 6.39. The Morgan fingerprint density at radius 3 is 2.96 bits per heavy atom. The van der Waals surface area contributed by atoms with Gasteiger partial charge in [-0.3, -0.25) is 4.90 Å². The number of aliphatic imine (C=N–C) groups is 1. The summed E-state index contributed by atoms with van der Waals surface area (Å²) in [6.45, 7) is 8.33. The number of hydrogen-bond donors (Lipinski definition) is 1. The molecular weight excluding hydrogens is 317 g/mol. The number of likely N-dealkylation sites (tertiary alicyclic amines) is 1. The Hall–Kier alpha value is -2.13. The number of rotatable bonds is 6. The van der Waals surface area contributed by atoms with Gasteiger partial charge in [-0.1, -0.05) is 6.92 Å². The van der Waals surface area contributed by atoms with Crippen molar-refractivity contribution in [2.45, 2.75) is 39.3 Å². The zero-order chi connectivity index (χ0) is 18.2. The average Bonchev–Trinajstić information content (AvgIpc) is 3.06. The minimum absolute atomic E-state index is 0.218. The van der Waals surface area contributed by atoms with Gasteiger partial charge in [0.15, 0.2) is 5.96 Å². The van der Waals surface area contributed by atoms with Gasteiger partial charge in [0.1, 0.15) is 5.82 Å². The Labute approximate surface area is 150 Å². The van der Waals surface area contributed by atoms with E-state index >= 15 is 0 Å². The van der Waals surface area contributed by atoms with Gasteiger partial charge in [0.2, 0.25) is 0 Å². The van der Waals surface area contributed by atoms with E-state index in [0.717, 1.165) is 32.1 Å². The predicted octanol–water partition coefficient (Wildman–Crippen LogP) is 2.58. The molecule has 0 bridgehead atoms. The van der Waals surface area contributed by atoms with Crippen molar-refractivity contribution in [2.75, 3.05) is 33.2 Å². The third kappa shape index (κ3) is 5.17. The molecule has 1 unspecified atom stereocenters. The number of guanidine groups is 1. The quantitative estimate of drug-likeness (QED) is 0.636. The Bertz CT molecular complexity index is 637. The maximum Gasteiger partial charge on any atom is 0.194 e. The van der Waals surface area contributed by atoms with Gasteiger partial charge in [-0.25, -0.2) is 9.38 Å². The number of halogens is 1. The Morgan fingerprint density at radius 2 is 2.28 bits per heavy atom. The van der Waals surface area contributed by atoms with Gasteiger partial charge in [-0.2, -0.15) is 5.26 Å². The third-order valence-electron chi connectivity index (χ3n) is 4.66. The normalized spacial score (nSPS) is 18.2. The zero-order valence-electron chi connectivity index (χ0n) is 15.4. The van der Waals surface area contributed by atoms with Crippen LogP contribution in [0.2, 0.25) is 0 Å². The van der Waals surface area contributed by atoms with Crippen LogP contribution in [0.1, 0.15) is 37.8 Å². The van der Waals surface area contributed by atoms with Crippen molar-refractivity contribution < 1.29 is 4.39 Å². The summed E-state index contributed by atoms with van der Waals surface area (Å²) in [5.74, 6) is 0.446. The topological polar surface area (TPSA) is 54.7 Å². The lowest BCUT2D eigenvalue weighted by atomic mass is 10.1. The van der Waals surface area contributed by atoms with Crippen LogP contribution in [0, 0.1) is 17.1 Å². The first-order valence-electron chi connectivity index (χ1n) is 9.01. The molecule has 1 fully saturated rings. The lowest BCUT2D eigenvalue weighted by Gasteiger charge is -2.29. The van der Waals surface area contributed by atoms with Crippen molar-refractivity contribution in [1.29, 1.82) is 5.26 Å². The molecule has 0 aliphatic carbocycles. The summed E-state index contributed by atoms with van der Waals surface area (Å²) in [4.78, 5) is 9.19. The first-order chi connectivity index (χ1) is 12.1. The highest BCUT2D eigenvalue weighted by Gasteiger charge is 2.24. The van der Waals surface area contributed by atoms with E-state index in [4.69, 9.17) is 5.26 Å². The van der Waals surface area contributed by atoms with Crippen molar-refractivity contribution in [3.63, 3.8) is 0 Å². The van der Waals surface area contributed by atoms with Crippen molar-refractivity contribution in [3.8, 4) is 6.07 Å². The Kier molecular flexibility index (Phi) is 7.20. The Morgan fingerprint density at radius 1 is 1.48 bits per heavy atom. The summed E-state index contributed by atoms with van der Waals surface area (Å²) < 4.78 is 13.9. The van der Waals surface area contributed by atoms with E-state index in [9.17, 15) is 4.39 Å². The lowest BCUT2D eigenvalue weighted by molar-refractivity contribution is 0.232. The molecule has 1 atom stereocenters. The number of benzene rings is 1. The SMILES string of the molecule is CCNC(=NCc1cc(C#N)ccc1F)N(C)CC1CCCN1CC. The second kappa shape index (κ2) is 9.38. The smallest absolute Gasteiger partial charge is 0.194 e. The highest BCUT2D eigenvalue weighted by atomic mass is 19.1. The van der Waals surface area contributed by atoms with E-state index in [1.165, 1.54) is 25.0 Å². The standard InChI is InChI=1S/C19H28FN5/c1-4-22-19(24(3)14-17-7-6-10-25(17)5-2)23-13-16-11-15(12-21)8-9-18(16)20/h8-9,11,17H,4-7,10,13-14H2,1-3H3,(H,22,23). The minimum Gasteiger partial charge on any atom is -0.357 e. The molecule has 136 valence electrons. The largest absolute Gasteiger partial charge is 0.357 e. The molecule has 0 aromatic heterocycles. The van der Waals surface area contributed by atoms with Gasteiger partial charge >= 0.3 is 0 Å². The molecule has 0 amide bonds. The first-order valence-corrected chi connectivity index (χ1v) is 9.01. The van der Waals surface area contributed by atoms with Crippen LogP contribution in [0.4, 0.5) is 4.39 Å². The van der Waals surface area contributed by atoms with Gasteiger partial charge in [0.25, 0.3) is 0 Å². The number of nitrogens with one attached hydrogen (secondary N) is 1. The minimum atomic E-state index is -0.325. The molecule has 1 N–H and O–H groups in total. The molecule has 1 aromatic rings. The molecule has 0 saturated carbocycles. The molecule has 1 heterocycles. The zero-order valence-corrected chi connectivity index (χ0v) is 15.4. The molecule has 1 aliphatic rings. The van der Waals surface area contributed by atoms with Gasteiger partial charge in [-0.05, 0) is 51.1 Å². The number of likely N-dealkylation sites (N-methyl/N-ethyl adjacent to an activating group) is 2. The maximum atomic E-state index is 13.9. The number of nitrogens with zero attached hydrogens (tertiary/aromatic N) is 4. The predicted molar refractivity (Wildman–Crippen MR) is 98.8 cm³/mol. The molecule has 2 rings (SSSR count). The van der Waals surface area contributed by atoms with Crippen molar-refractivity contribution in [2.24, 2.45) is 4.99 Å².